The van der Waals surface area contributed by atoms with Gasteiger partial charge in [-0.15, -0.1) is 0 Å². The molecule has 1 aromatic rings. The fraction of sp³-hybridized carbons (Fsp3) is 0.786. The molecule has 2 heterocycles. The maximum Gasteiger partial charge on any atom is 0.106 e. The van der Waals surface area contributed by atoms with Gasteiger partial charge in [-0.1, -0.05) is 13.8 Å². The summed E-state index contributed by atoms with van der Waals surface area (Å²) in [5.41, 5.74) is 1.28. The molecule has 1 fully saturated rings. The summed E-state index contributed by atoms with van der Waals surface area (Å²) < 4.78 is 0. The third kappa shape index (κ3) is 4.42. The predicted octanol–water partition coefficient (Wildman–Crippen LogP) is 1.45. The minimum atomic E-state index is 0.694. The normalized spacial score (nSPS) is 17.5. The standard InChI is InChI=1S/C14H26N4/c1-12(2)10-13-11-16-14(17-13)4-3-7-18-8-5-15-6-9-18/h11-12,15H,3-10H2,1-2H3,(H,16,17). The molecular weight excluding hydrogens is 224 g/mol. The Morgan fingerprint density at radius 1 is 1.33 bits per heavy atom. The molecule has 0 atom stereocenters. The summed E-state index contributed by atoms with van der Waals surface area (Å²) in [5, 5.41) is 3.38. The van der Waals surface area contributed by atoms with Gasteiger partial charge in [-0.2, -0.15) is 0 Å². The molecule has 0 saturated carbocycles. The molecule has 0 aliphatic carbocycles. The van der Waals surface area contributed by atoms with E-state index >= 15 is 0 Å². The molecule has 4 heteroatoms. The lowest BCUT2D eigenvalue weighted by Gasteiger charge is -2.26. The van der Waals surface area contributed by atoms with Crippen molar-refractivity contribution in [3.05, 3.63) is 17.7 Å². The van der Waals surface area contributed by atoms with Gasteiger partial charge >= 0.3 is 0 Å². The summed E-state index contributed by atoms with van der Waals surface area (Å²) in [4.78, 5) is 10.4. The van der Waals surface area contributed by atoms with Crippen LogP contribution in [0.2, 0.25) is 0 Å². The van der Waals surface area contributed by atoms with Gasteiger partial charge in [0.2, 0.25) is 0 Å². The van der Waals surface area contributed by atoms with Crippen LogP contribution < -0.4 is 5.32 Å². The van der Waals surface area contributed by atoms with Crippen molar-refractivity contribution >= 4 is 0 Å². The Bertz CT molecular complexity index is 339. The number of H-pyrrole nitrogens is 1. The Morgan fingerprint density at radius 2 is 2.11 bits per heavy atom. The first-order valence-corrected chi connectivity index (χ1v) is 7.20. The van der Waals surface area contributed by atoms with E-state index < -0.39 is 0 Å². The zero-order chi connectivity index (χ0) is 12.8. The molecule has 2 N–H and O–H groups in total. The highest BCUT2D eigenvalue weighted by atomic mass is 15.2. The lowest BCUT2D eigenvalue weighted by molar-refractivity contribution is 0.238. The van der Waals surface area contributed by atoms with E-state index in [1.807, 2.05) is 6.20 Å². The number of aromatic nitrogens is 2. The van der Waals surface area contributed by atoms with Crippen LogP contribution in [0.3, 0.4) is 0 Å². The summed E-state index contributed by atoms with van der Waals surface area (Å²) in [5.74, 6) is 1.85. The molecule has 4 nitrogen and oxygen atoms in total. The maximum absolute atomic E-state index is 4.47. The highest BCUT2D eigenvalue weighted by Gasteiger charge is 2.09. The van der Waals surface area contributed by atoms with Crippen LogP contribution in [0, 0.1) is 5.92 Å². The minimum absolute atomic E-state index is 0.694. The summed E-state index contributed by atoms with van der Waals surface area (Å²) in [6, 6.07) is 0. The third-order valence-electron chi connectivity index (χ3n) is 3.41. The van der Waals surface area contributed by atoms with Crippen molar-refractivity contribution in [3.8, 4) is 0 Å². The van der Waals surface area contributed by atoms with Crippen molar-refractivity contribution in [2.45, 2.75) is 33.1 Å². The highest BCUT2D eigenvalue weighted by molar-refractivity contribution is 5.02. The van der Waals surface area contributed by atoms with E-state index in [2.05, 4.69) is 34.0 Å². The summed E-state index contributed by atoms with van der Waals surface area (Å²) in [6.45, 7) is 10.3. The second kappa shape index (κ2) is 6.90. The van der Waals surface area contributed by atoms with E-state index in [1.54, 1.807) is 0 Å². The number of nitrogens with one attached hydrogen (secondary N) is 2. The van der Waals surface area contributed by atoms with Crippen molar-refractivity contribution < 1.29 is 0 Å². The van der Waals surface area contributed by atoms with E-state index in [9.17, 15) is 0 Å². The number of rotatable bonds is 6. The molecule has 0 unspecified atom stereocenters. The number of aromatic amines is 1. The predicted molar refractivity (Wildman–Crippen MR) is 74.8 cm³/mol. The van der Waals surface area contributed by atoms with Gasteiger partial charge in [0.25, 0.3) is 0 Å². The maximum atomic E-state index is 4.47. The molecule has 0 bridgehead atoms. The molecule has 1 aliphatic heterocycles. The molecule has 0 radical (unpaired) electrons. The van der Waals surface area contributed by atoms with Crippen LogP contribution in [0.1, 0.15) is 31.8 Å². The van der Waals surface area contributed by atoms with Gasteiger partial charge in [-0.05, 0) is 25.3 Å². The van der Waals surface area contributed by atoms with Crippen molar-refractivity contribution in [1.82, 2.24) is 20.2 Å². The number of piperazine rings is 1. The first-order chi connectivity index (χ1) is 8.74. The quantitative estimate of drug-likeness (QED) is 0.803. The second-order valence-electron chi connectivity index (χ2n) is 5.65. The Balaban J connectivity index is 1.67. The van der Waals surface area contributed by atoms with Crippen LogP contribution in [-0.2, 0) is 12.8 Å². The van der Waals surface area contributed by atoms with E-state index in [0.29, 0.717) is 5.92 Å². The Labute approximate surface area is 110 Å². The Morgan fingerprint density at radius 3 is 2.83 bits per heavy atom. The average Bonchev–Trinajstić information content (AvgIpc) is 2.77. The van der Waals surface area contributed by atoms with Gasteiger partial charge in [-0.25, -0.2) is 4.98 Å². The first-order valence-electron chi connectivity index (χ1n) is 7.20. The van der Waals surface area contributed by atoms with Gasteiger partial charge in [0.15, 0.2) is 0 Å². The molecule has 102 valence electrons. The van der Waals surface area contributed by atoms with Crippen molar-refractivity contribution in [2.24, 2.45) is 5.92 Å². The summed E-state index contributed by atoms with van der Waals surface area (Å²) >= 11 is 0. The largest absolute Gasteiger partial charge is 0.346 e. The van der Waals surface area contributed by atoms with Gasteiger partial charge in [-0.3, -0.25) is 0 Å². The van der Waals surface area contributed by atoms with Crippen LogP contribution in [0.15, 0.2) is 6.20 Å². The topological polar surface area (TPSA) is 44.0 Å². The molecule has 18 heavy (non-hydrogen) atoms. The average molecular weight is 250 g/mol. The number of aryl methyl sites for hydroxylation is 1. The zero-order valence-corrected chi connectivity index (χ0v) is 11.7. The zero-order valence-electron chi connectivity index (χ0n) is 11.7. The lowest BCUT2D eigenvalue weighted by Crippen LogP contribution is -2.43. The lowest BCUT2D eigenvalue weighted by atomic mass is 10.1. The number of hydrogen-bond acceptors (Lipinski definition) is 3. The molecule has 2 rings (SSSR count). The smallest absolute Gasteiger partial charge is 0.106 e. The SMILES string of the molecule is CC(C)Cc1cnc(CCCN2CCNCC2)[nH]1. The fourth-order valence-electron chi connectivity index (χ4n) is 2.48. The van der Waals surface area contributed by atoms with Crippen molar-refractivity contribution in [3.63, 3.8) is 0 Å². The third-order valence-corrected chi connectivity index (χ3v) is 3.41. The molecule has 0 aromatic carbocycles. The van der Waals surface area contributed by atoms with E-state index in [0.717, 1.165) is 31.8 Å². The minimum Gasteiger partial charge on any atom is -0.346 e. The van der Waals surface area contributed by atoms with Gasteiger partial charge in [0.1, 0.15) is 5.82 Å². The Kier molecular flexibility index (Phi) is 5.20. The van der Waals surface area contributed by atoms with Crippen molar-refractivity contribution in [1.29, 1.82) is 0 Å². The number of imidazole rings is 1. The first kappa shape index (κ1) is 13.6. The fourth-order valence-corrected chi connectivity index (χ4v) is 2.48. The molecule has 0 spiro atoms. The second-order valence-corrected chi connectivity index (χ2v) is 5.65. The monoisotopic (exact) mass is 250 g/mol. The molecule has 0 amide bonds. The summed E-state index contributed by atoms with van der Waals surface area (Å²) in [6.07, 6.45) is 5.38. The van der Waals surface area contributed by atoms with Crippen LogP contribution in [0.25, 0.3) is 0 Å². The van der Waals surface area contributed by atoms with Gasteiger partial charge in [0.05, 0.1) is 0 Å². The van der Waals surface area contributed by atoms with Crippen LogP contribution in [-0.4, -0.2) is 47.6 Å². The molecular formula is C14H26N4. The molecule has 1 aromatic heterocycles. The molecule has 1 aliphatic rings. The number of hydrogen-bond donors (Lipinski definition) is 2. The van der Waals surface area contributed by atoms with Crippen LogP contribution >= 0.6 is 0 Å². The highest BCUT2D eigenvalue weighted by Crippen LogP contribution is 2.07. The summed E-state index contributed by atoms with van der Waals surface area (Å²) in [7, 11) is 0. The van der Waals surface area contributed by atoms with Gasteiger partial charge in [0, 0.05) is 44.5 Å². The van der Waals surface area contributed by atoms with E-state index in [-0.39, 0.29) is 0 Å². The Hall–Kier alpha value is -0.870. The van der Waals surface area contributed by atoms with Crippen molar-refractivity contribution in [2.75, 3.05) is 32.7 Å². The molecule has 1 saturated heterocycles. The van der Waals surface area contributed by atoms with E-state index in [4.69, 9.17) is 0 Å². The number of nitrogens with zero attached hydrogens (tertiary/aromatic N) is 2. The van der Waals surface area contributed by atoms with Gasteiger partial charge < -0.3 is 15.2 Å². The van der Waals surface area contributed by atoms with Crippen LogP contribution in [0.4, 0.5) is 0 Å². The van der Waals surface area contributed by atoms with Crippen LogP contribution in [0.5, 0.6) is 0 Å². The van der Waals surface area contributed by atoms with E-state index in [1.165, 1.54) is 31.7 Å².